The molecule has 118 valence electrons. The van der Waals surface area contributed by atoms with E-state index in [0.717, 1.165) is 26.9 Å². The van der Waals surface area contributed by atoms with E-state index in [0.29, 0.717) is 9.23 Å². The van der Waals surface area contributed by atoms with Crippen molar-refractivity contribution >= 4 is 68.5 Å². The summed E-state index contributed by atoms with van der Waals surface area (Å²) in [6, 6.07) is 8.02. The Labute approximate surface area is 151 Å². The van der Waals surface area contributed by atoms with Gasteiger partial charge >= 0.3 is 0 Å². The number of rotatable bonds is 2. The minimum absolute atomic E-state index is 0.141. The van der Waals surface area contributed by atoms with Crippen LogP contribution in [0.4, 0.5) is 5.95 Å². The Morgan fingerprint density at radius 1 is 1.25 bits per heavy atom. The maximum atomic E-state index is 11.7. The van der Waals surface area contributed by atoms with E-state index in [2.05, 4.69) is 15.3 Å². The number of nitrogens with two attached hydrogens (primary N) is 1. The number of fused-ring (bicyclic) bond motifs is 1. The zero-order valence-corrected chi connectivity index (χ0v) is 14.6. The summed E-state index contributed by atoms with van der Waals surface area (Å²) in [4.78, 5) is 21.6. The standard InChI is InChI=1S/C16H10N4OS3/c17-15-18-6-9-2-1-8(4-12(9)19-15)10-3-11(23-7-10)5-13-14(21)20-16(22)24-13/h1-7H,(H2,17,18,19)(H,20,21,22)/b13-5-. The van der Waals surface area contributed by atoms with Gasteiger partial charge in [0.25, 0.3) is 5.91 Å². The first-order valence-electron chi connectivity index (χ1n) is 6.94. The summed E-state index contributed by atoms with van der Waals surface area (Å²) in [6.45, 7) is 0. The van der Waals surface area contributed by atoms with Gasteiger partial charge < -0.3 is 11.1 Å². The molecule has 1 fully saturated rings. The molecule has 0 radical (unpaired) electrons. The van der Waals surface area contributed by atoms with Crippen molar-refractivity contribution in [3.8, 4) is 11.1 Å². The molecule has 1 saturated heterocycles. The maximum Gasteiger partial charge on any atom is 0.263 e. The second-order valence-corrected chi connectivity index (χ2v) is 7.75. The van der Waals surface area contributed by atoms with Gasteiger partial charge in [-0.15, -0.1) is 11.3 Å². The highest BCUT2D eigenvalue weighted by atomic mass is 32.2. The fraction of sp³-hybridized carbons (Fsp3) is 0. The molecule has 0 aliphatic carbocycles. The Morgan fingerprint density at radius 3 is 2.92 bits per heavy atom. The zero-order valence-electron chi connectivity index (χ0n) is 12.1. The van der Waals surface area contributed by atoms with Crippen LogP contribution in [0.15, 0.2) is 40.7 Å². The van der Waals surface area contributed by atoms with E-state index in [1.807, 2.05) is 35.7 Å². The van der Waals surface area contributed by atoms with E-state index >= 15 is 0 Å². The lowest BCUT2D eigenvalue weighted by atomic mass is 10.1. The number of benzene rings is 1. The second kappa shape index (κ2) is 5.97. The van der Waals surface area contributed by atoms with Crippen molar-refractivity contribution in [3.05, 3.63) is 45.6 Å². The molecule has 1 aliphatic rings. The fourth-order valence-electron chi connectivity index (χ4n) is 2.35. The predicted octanol–water partition coefficient (Wildman–Crippen LogP) is 3.43. The number of thiophene rings is 1. The normalized spacial score (nSPS) is 16.1. The van der Waals surface area contributed by atoms with Crippen molar-refractivity contribution in [1.29, 1.82) is 0 Å². The van der Waals surface area contributed by atoms with Crippen LogP contribution < -0.4 is 11.1 Å². The topological polar surface area (TPSA) is 80.9 Å². The molecular weight excluding hydrogens is 360 g/mol. The van der Waals surface area contributed by atoms with E-state index in [-0.39, 0.29) is 11.9 Å². The highest BCUT2D eigenvalue weighted by molar-refractivity contribution is 8.26. The summed E-state index contributed by atoms with van der Waals surface area (Å²) in [6.07, 6.45) is 3.57. The average molecular weight is 370 g/mol. The third-order valence-electron chi connectivity index (χ3n) is 3.47. The van der Waals surface area contributed by atoms with Crippen LogP contribution in [0.25, 0.3) is 28.1 Å². The van der Waals surface area contributed by atoms with Crippen molar-refractivity contribution < 1.29 is 4.79 Å². The lowest BCUT2D eigenvalue weighted by Crippen LogP contribution is -2.17. The molecule has 0 unspecified atom stereocenters. The zero-order chi connectivity index (χ0) is 16.7. The molecule has 0 spiro atoms. The van der Waals surface area contributed by atoms with E-state index in [4.69, 9.17) is 18.0 Å². The lowest BCUT2D eigenvalue weighted by molar-refractivity contribution is -0.115. The molecular formula is C16H10N4OS3. The fourth-order valence-corrected chi connectivity index (χ4v) is 4.31. The number of aromatic nitrogens is 2. The Kier molecular flexibility index (Phi) is 3.79. The number of hydrogen-bond acceptors (Lipinski definition) is 7. The van der Waals surface area contributed by atoms with Crippen LogP contribution in [0.5, 0.6) is 0 Å². The first-order valence-corrected chi connectivity index (χ1v) is 9.05. The van der Waals surface area contributed by atoms with Gasteiger partial charge in [0, 0.05) is 16.5 Å². The monoisotopic (exact) mass is 370 g/mol. The van der Waals surface area contributed by atoms with E-state index in [1.54, 1.807) is 17.5 Å². The summed E-state index contributed by atoms with van der Waals surface area (Å²) in [5.41, 5.74) is 8.57. The highest BCUT2D eigenvalue weighted by Gasteiger charge is 2.22. The van der Waals surface area contributed by atoms with Crippen molar-refractivity contribution in [1.82, 2.24) is 15.3 Å². The number of nitrogens with one attached hydrogen (secondary N) is 1. The first-order chi connectivity index (χ1) is 11.6. The van der Waals surface area contributed by atoms with Gasteiger partial charge in [0.15, 0.2) is 0 Å². The largest absolute Gasteiger partial charge is 0.368 e. The number of amides is 1. The molecule has 1 amide bonds. The average Bonchev–Trinajstić information content (AvgIpc) is 3.13. The van der Waals surface area contributed by atoms with Gasteiger partial charge in [-0.1, -0.05) is 36.1 Å². The Bertz CT molecular complexity index is 1030. The quantitative estimate of drug-likeness (QED) is 0.531. The van der Waals surface area contributed by atoms with Gasteiger partial charge in [-0.2, -0.15) is 0 Å². The number of thioether (sulfide) groups is 1. The predicted molar refractivity (Wildman–Crippen MR) is 104 cm³/mol. The molecule has 0 bridgehead atoms. The number of carbonyl (C=O) groups is 1. The third kappa shape index (κ3) is 2.91. The summed E-state index contributed by atoms with van der Waals surface area (Å²) < 4.78 is 0.495. The smallest absolute Gasteiger partial charge is 0.263 e. The van der Waals surface area contributed by atoms with Crippen LogP contribution in [-0.2, 0) is 4.79 Å². The van der Waals surface area contributed by atoms with Gasteiger partial charge in [0.05, 0.1) is 10.4 Å². The number of thiocarbonyl (C=S) groups is 1. The second-order valence-electron chi connectivity index (χ2n) is 5.09. The lowest BCUT2D eigenvalue weighted by Gasteiger charge is -2.01. The van der Waals surface area contributed by atoms with Crippen molar-refractivity contribution in [2.24, 2.45) is 0 Å². The summed E-state index contributed by atoms with van der Waals surface area (Å²) in [5, 5.41) is 5.61. The maximum absolute atomic E-state index is 11.7. The van der Waals surface area contributed by atoms with Crippen LogP contribution >= 0.6 is 35.3 Å². The molecule has 8 heteroatoms. The van der Waals surface area contributed by atoms with Crippen LogP contribution in [-0.4, -0.2) is 20.2 Å². The molecule has 1 aliphatic heterocycles. The minimum atomic E-state index is -0.141. The van der Waals surface area contributed by atoms with Crippen LogP contribution in [0.2, 0.25) is 0 Å². The SMILES string of the molecule is Nc1ncc2ccc(-c3csc(/C=C4\SC(=S)NC4=O)c3)cc2n1. The van der Waals surface area contributed by atoms with Crippen LogP contribution in [0, 0.1) is 0 Å². The highest BCUT2D eigenvalue weighted by Crippen LogP contribution is 2.32. The van der Waals surface area contributed by atoms with E-state index < -0.39 is 0 Å². The van der Waals surface area contributed by atoms with E-state index in [1.165, 1.54) is 11.8 Å². The molecule has 0 saturated carbocycles. The van der Waals surface area contributed by atoms with Crippen molar-refractivity contribution in [2.75, 3.05) is 5.73 Å². The Balaban J connectivity index is 1.69. The van der Waals surface area contributed by atoms with Crippen molar-refractivity contribution in [2.45, 2.75) is 0 Å². The molecule has 5 nitrogen and oxygen atoms in total. The van der Waals surface area contributed by atoms with Gasteiger partial charge in [-0.05, 0) is 34.7 Å². The molecule has 2 aromatic heterocycles. The van der Waals surface area contributed by atoms with Gasteiger partial charge in [-0.3, -0.25) is 4.79 Å². The van der Waals surface area contributed by atoms with Crippen LogP contribution in [0.3, 0.4) is 0 Å². The van der Waals surface area contributed by atoms with Crippen LogP contribution in [0.1, 0.15) is 4.88 Å². The molecule has 4 rings (SSSR count). The number of carbonyl (C=O) groups excluding carboxylic acids is 1. The molecule has 0 atom stereocenters. The number of anilines is 1. The summed E-state index contributed by atoms with van der Waals surface area (Å²) in [7, 11) is 0. The number of hydrogen-bond donors (Lipinski definition) is 2. The Morgan fingerprint density at radius 2 is 2.12 bits per heavy atom. The van der Waals surface area contributed by atoms with Crippen molar-refractivity contribution in [3.63, 3.8) is 0 Å². The van der Waals surface area contributed by atoms with Gasteiger partial charge in [-0.25, -0.2) is 9.97 Å². The molecule has 3 aromatic rings. The van der Waals surface area contributed by atoms with Gasteiger partial charge in [0.2, 0.25) is 5.95 Å². The van der Waals surface area contributed by atoms with E-state index in [9.17, 15) is 4.79 Å². The third-order valence-corrected chi connectivity index (χ3v) is 5.51. The molecule has 24 heavy (non-hydrogen) atoms. The first kappa shape index (κ1) is 15.3. The molecule has 3 N–H and O–H groups in total. The number of nitrogen functional groups attached to an aromatic ring is 1. The molecule has 1 aromatic carbocycles. The molecule has 3 heterocycles. The summed E-state index contributed by atoms with van der Waals surface area (Å²) >= 11 is 7.86. The number of nitrogens with zero attached hydrogens (tertiary/aromatic N) is 2. The summed E-state index contributed by atoms with van der Waals surface area (Å²) in [5.74, 6) is 0.119. The Hall–Kier alpha value is -2.29. The minimum Gasteiger partial charge on any atom is -0.368 e. The van der Waals surface area contributed by atoms with Gasteiger partial charge in [0.1, 0.15) is 4.32 Å².